The molecule has 1 N–H and O–H groups in total. The Kier molecular flexibility index (Phi) is 5.18. The first kappa shape index (κ1) is 18.5. The largest absolute Gasteiger partial charge is 0.494 e. The molecule has 9 heteroatoms. The van der Waals surface area contributed by atoms with Crippen LogP contribution in [0.2, 0.25) is 5.02 Å². The van der Waals surface area contributed by atoms with Gasteiger partial charge >= 0.3 is 0 Å². The number of nitrogens with one attached hydrogen (secondary N) is 1. The van der Waals surface area contributed by atoms with Crippen molar-refractivity contribution in [1.29, 1.82) is 0 Å². The minimum atomic E-state index is -0.703. The number of hydrogen-bond donors (Lipinski definition) is 1. The third-order valence-electron chi connectivity index (χ3n) is 3.58. The summed E-state index contributed by atoms with van der Waals surface area (Å²) >= 11 is 5.70. The van der Waals surface area contributed by atoms with Crippen LogP contribution in [0.4, 0.5) is 14.5 Å². The van der Waals surface area contributed by atoms with Gasteiger partial charge in [-0.1, -0.05) is 11.6 Å². The summed E-state index contributed by atoms with van der Waals surface area (Å²) in [6.45, 7) is 0. The lowest BCUT2D eigenvalue weighted by Gasteiger charge is -2.11. The molecule has 1 heterocycles. The molecule has 0 bridgehead atoms. The van der Waals surface area contributed by atoms with Gasteiger partial charge in [-0.25, -0.2) is 8.78 Å². The molecule has 1 amide bonds. The first-order valence-corrected chi connectivity index (χ1v) is 7.97. The van der Waals surface area contributed by atoms with Crippen molar-refractivity contribution < 1.29 is 18.3 Å². The van der Waals surface area contributed by atoms with Gasteiger partial charge in [-0.2, -0.15) is 9.78 Å². The molecule has 0 aliphatic heterocycles. The van der Waals surface area contributed by atoms with Crippen LogP contribution in [0.1, 0.15) is 10.5 Å². The van der Waals surface area contributed by atoms with Crippen LogP contribution >= 0.6 is 11.6 Å². The molecule has 0 saturated carbocycles. The van der Waals surface area contributed by atoms with Gasteiger partial charge in [0.1, 0.15) is 11.6 Å². The Morgan fingerprint density at radius 1 is 1.15 bits per heavy atom. The molecule has 0 radical (unpaired) electrons. The highest BCUT2D eigenvalue weighted by atomic mass is 35.5. The Bertz CT molecular complexity index is 1070. The number of hydrogen-bond acceptors (Lipinski definition) is 4. The molecule has 2 aromatic carbocycles. The van der Waals surface area contributed by atoms with E-state index in [9.17, 15) is 18.4 Å². The van der Waals surface area contributed by atoms with E-state index in [4.69, 9.17) is 16.3 Å². The Balaban J connectivity index is 2.01. The van der Waals surface area contributed by atoms with Crippen LogP contribution in [-0.4, -0.2) is 22.8 Å². The van der Waals surface area contributed by atoms with Gasteiger partial charge < -0.3 is 10.1 Å². The highest BCUT2D eigenvalue weighted by Crippen LogP contribution is 2.21. The van der Waals surface area contributed by atoms with Gasteiger partial charge in [0.15, 0.2) is 11.4 Å². The van der Waals surface area contributed by atoms with E-state index in [1.807, 2.05) is 0 Å². The predicted molar refractivity (Wildman–Crippen MR) is 95.7 cm³/mol. The van der Waals surface area contributed by atoms with E-state index in [1.54, 1.807) is 0 Å². The zero-order chi connectivity index (χ0) is 19.6. The molecule has 0 spiro atoms. The minimum Gasteiger partial charge on any atom is -0.494 e. The first-order chi connectivity index (χ1) is 12.9. The van der Waals surface area contributed by atoms with E-state index < -0.39 is 23.1 Å². The standard InChI is InChI=1S/C18H12ClF2N3O3/c1-27-15-9-16(25)24(12-5-2-10(20)3-6-12)23-17(15)18(26)22-11-4-7-14(21)13(19)8-11/h2-9H,1H3,(H,22,26). The van der Waals surface area contributed by atoms with Crippen LogP contribution in [-0.2, 0) is 0 Å². The molecule has 0 aliphatic carbocycles. The first-order valence-electron chi connectivity index (χ1n) is 7.60. The molecule has 0 unspecified atom stereocenters. The Morgan fingerprint density at radius 3 is 2.48 bits per heavy atom. The van der Waals surface area contributed by atoms with Crippen molar-refractivity contribution in [2.75, 3.05) is 12.4 Å². The Morgan fingerprint density at radius 2 is 1.85 bits per heavy atom. The predicted octanol–water partition coefficient (Wildman–Crippen LogP) is 3.43. The maximum absolute atomic E-state index is 13.2. The number of anilines is 1. The number of halogens is 3. The number of rotatable bonds is 4. The summed E-state index contributed by atoms with van der Waals surface area (Å²) < 4.78 is 32.3. The minimum absolute atomic E-state index is 0.0518. The average molecular weight is 392 g/mol. The summed E-state index contributed by atoms with van der Waals surface area (Å²) in [5, 5.41) is 6.35. The lowest BCUT2D eigenvalue weighted by molar-refractivity contribution is 0.101. The van der Waals surface area contributed by atoms with E-state index in [0.29, 0.717) is 0 Å². The lowest BCUT2D eigenvalue weighted by Crippen LogP contribution is -2.26. The summed E-state index contributed by atoms with van der Waals surface area (Å²) in [5.74, 6) is -1.86. The zero-order valence-corrected chi connectivity index (χ0v) is 14.6. The lowest BCUT2D eigenvalue weighted by atomic mass is 10.2. The monoisotopic (exact) mass is 391 g/mol. The van der Waals surface area contributed by atoms with E-state index in [0.717, 1.165) is 28.9 Å². The van der Waals surface area contributed by atoms with E-state index >= 15 is 0 Å². The number of amides is 1. The summed E-state index contributed by atoms with van der Waals surface area (Å²) in [6.07, 6.45) is 0. The van der Waals surface area contributed by atoms with Crippen molar-refractivity contribution in [3.05, 3.63) is 81.2 Å². The van der Waals surface area contributed by atoms with Crippen molar-refractivity contribution >= 4 is 23.2 Å². The molecule has 1 aromatic heterocycles. The summed E-state index contributed by atoms with van der Waals surface area (Å²) in [4.78, 5) is 24.8. The molecule has 3 rings (SSSR count). The van der Waals surface area contributed by atoms with Crippen molar-refractivity contribution in [2.45, 2.75) is 0 Å². The fourth-order valence-corrected chi connectivity index (χ4v) is 2.47. The molecular weight excluding hydrogens is 380 g/mol. The molecule has 27 heavy (non-hydrogen) atoms. The van der Waals surface area contributed by atoms with Gasteiger partial charge in [0.2, 0.25) is 0 Å². The smallest absolute Gasteiger partial charge is 0.280 e. The van der Waals surface area contributed by atoms with Gasteiger partial charge in [-0.15, -0.1) is 0 Å². The number of carbonyl (C=O) groups is 1. The SMILES string of the molecule is COc1cc(=O)n(-c2ccc(F)cc2)nc1C(=O)Nc1ccc(F)c(Cl)c1. The van der Waals surface area contributed by atoms with Crippen molar-refractivity contribution in [2.24, 2.45) is 0 Å². The molecule has 0 fully saturated rings. The molecule has 138 valence electrons. The van der Waals surface area contributed by atoms with E-state index in [2.05, 4.69) is 10.4 Å². The maximum Gasteiger partial charge on any atom is 0.280 e. The number of ether oxygens (including phenoxy) is 1. The number of carbonyl (C=O) groups excluding carboxylic acids is 1. The molecule has 0 atom stereocenters. The van der Waals surface area contributed by atoms with Crippen molar-refractivity contribution in [3.8, 4) is 11.4 Å². The second-order valence-electron chi connectivity index (χ2n) is 5.37. The molecular formula is C18H12ClF2N3O3. The second kappa shape index (κ2) is 7.55. The van der Waals surface area contributed by atoms with Crippen LogP contribution in [0, 0.1) is 11.6 Å². The topological polar surface area (TPSA) is 73.2 Å². The number of benzene rings is 2. The van der Waals surface area contributed by atoms with Gasteiger partial charge in [0.05, 0.1) is 23.9 Å². The van der Waals surface area contributed by atoms with Gasteiger partial charge in [-0.3, -0.25) is 9.59 Å². The van der Waals surface area contributed by atoms with Crippen molar-refractivity contribution in [3.63, 3.8) is 0 Å². The number of methoxy groups -OCH3 is 1. The highest BCUT2D eigenvalue weighted by molar-refractivity contribution is 6.31. The number of aromatic nitrogens is 2. The molecule has 0 aliphatic rings. The number of nitrogens with zero attached hydrogens (tertiary/aromatic N) is 2. The molecule has 0 saturated heterocycles. The van der Waals surface area contributed by atoms with Gasteiger partial charge in [-0.05, 0) is 42.5 Å². The van der Waals surface area contributed by atoms with Gasteiger partial charge in [0, 0.05) is 5.69 Å². The fourth-order valence-electron chi connectivity index (χ4n) is 2.28. The Labute approximate surface area is 157 Å². The third-order valence-corrected chi connectivity index (χ3v) is 3.87. The second-order valence-corrected chi connectivity index (χ2v) is 5.78. The summed E-state index contributed by atoms with van der Waals surface area (Å²) in [5.41, 5.74) is -0.264. The van der Waals surface area contributed by atoms with Gasteiger partial charge in [0.25, 0.3) is 11.5 Å². The average Bonchev–Trinajstić information content (AvgIpc) is 2.65. The highest BCUT2D eigenvalue weighted by Gasteiger charge is 2.18. The normalized spacial score (nSPS) is 10.5. The summed E-state index contributed by atoms with van der Waals surface area (Å²) in [6, 6.07) is 9.75. The van der Waals surface area contributed by atoms with E-state index in [-0.39, 0.29) is 27.8 Å². The quantitative estimate of drug-likeness (QED) is 0.739. The third kappa shape index (κ3) is 3.95. The van der Waals surface area contributed by atoms with Crippen LogP contribution in [0.5, 0.6) is 5.75 Å². The van der Waals surface area contributed by atoms with Crippen LogP contribution in [0.15, 0.2) is 53.3 Å². The van der Waals surface area contributed by atoms with E-state index in [1.165, 1.54) is 31.4 Å². The Hall–Kier alpha value is -3.26. The molecule has 3 aromatic rings. The molecule has 6 nitrogen and oxygen atoms in total. The maximum atomic E-state index is 13.2. The fraction of sp³-hybridized carbons (Fsp3) is 0.0556. The van der Waals surface area contributed by atoms with Crippen LogP contribution < -0.4 is 15.6 Å². The van der Waals surface area contributed by atoms with Crippen LogP contribution in [0.25, 0.3) is 5.69 Å². The van der Waals surface area contributed by atoms with Crippen LogP contribution in [0.3, 0.4) is 0 Å². The van der Waals surface area contributed by atoms with Crippen molar-refractivity contribution in [1.82, 2.24) is 9.78 Å². The summed E-state index contributed by atoms with van der Waals surface area (Å²) in [7, 11) is 1.28. The zero-order valence-electron chi connectivity index (χ0n) is 13.9.